The standard InChI is InChI=1S/C13H29NO2S/c1-5-7-8-9-10-13(14-11-6-2)12(3)17(4,15)16/h12-14H,5-11H2,1-4H3. The monoisotopic (exact) mass is 263 g/mol. The summed E-state index contributed by atoms with van der Waals surface area (Å²) in [6.45, 7) is 7.01. The zero-order valence-electron chi connectivity index (χ0n) is 11.8. The molecule has 0 heterocycles. The predicted octanol–water partition coefficient (Wildman–Crippen LogP) is 2.76. The first-order chi connectivity index (χ1) is 7.93. The first-order valence-electron chi connectivity index (χ1n) is 6.85. The second-order valence-corrected chi connectivity index (χ2v) is 7.35. The van der Waals surface area contributed by atoms with Gasteiger partial charge in [0.25, 0.3) is 0 Å². The van der Waals surface area contributed by atoms with Gasteiger partial charge in [0.1, 0.15) is 0 Å². The molecule has 0 aliphatic rings. The minimum Gasteiger partial charge on any atom is -0.313 e. The highest BCUT2D eigenvalue weighted by Crippen LogP contribution is 2.13. The van der Waals surface area contributed by atoms with Crippen molar-refractivity contribution in [2.24, 2.45) is 0 Å². The molecule has 0 aliphatic heterocycles. The van der Waals surface area contributed by atoms with Crippen molar-refractivity contribution in [1.29, 1.82) is 0 Å². The lowest BCUT2D eigenvalue weighted by Gasteiger charge is -2.24. The van der Waals surface area contributed by atoms with E-state index in [2.05, 4.69) is 19.2 Å². The van der Waals surface area contributed by atoms with E-state index in [1.165, 1.54) is 25.5 Å². The summed E-state index contributed by atoms with van der Waals surface area (Å²) in [5.74, 6) is 0. The molecule has 3 nitrogen and oxygen atoms in total. The molecule has 0 amide bonds. The van der Waals surface area contributed by atoms with E-state index in [-0.39, 0.29) is 11.3 Å². The van der Waals surface area contributed by atoms with E-state index in [1.807, 2.05) is 6.92 Å². The number of rotatable bonds is 10. The van der Waals surface area contributed by atoms with Gasteiger partial charge < -0.3 is 5.32 Å². The lowest BCUT2D eigenvalue weighted by molar-refractivity contribution is 0.439. The Hall–Kier alpha value is -0.0900. The van der Waals surface area contributed by atoms with Crippen LogP contribution >= 0.6 is 0 Å². The number of unbranched alkanes of at least 4 members (excludes halogenated alkanes) is 3. The van der Waals surface area contributed by atoms with E-state index in [1.54, 1.807) is 0 Å². The fourth-order valence-electron chi connectivity index (χ4n) is 1.92. The predicted molar refractivity (Wildman–Crippen MR) is 75.1 cm³/mol. The van der Waals surface area contributed by atoms with Crippen molar-refractivity contribution < 1.29 is 8.42 Å². The van der Waals surface area contributed by atoms with E-state index < -0.39 is 9.84 Å². The SMILES string of the molecule is CCCCCCC(NCCC)C(C)S(C)(=O)=O. The number of nitrogens with one attached hydrogen (secondary N) is 1. The van der Waals surface area contributed by atoms with Crippen LogP contribution in [0.2, 0.25) is 0 Å². The van der Waals surface area contributed by atoms with Crippen LogP contribution < -0.4 is 5.32 Å². The molecule has 0 saturated heterocycles. The third-order valence-electron chi connectivity index (χ3n) is 3.27. The van der Waals surface area contributed by atoms with Crippen LogP contribution in [0.4, 0.5) is 0 Å². The van der Waals surface area contributed by atoms with Gasteiger partial charge in [-0.3, -0.25) is 0 Å². The van der Waals surface area contributed by atoms with Crippen LogP contribution in [0.5, 0.6) is 0 Å². The lowest BCUT2D eigenvalue weighted by Crippen LogP contribution is -2.42. The normalized spacial score (nSPS) is 15.8. The van der Waals surface area contributed by atoms with Gasteiger partial charge in [-0.2, -0.15) is 0 Å². The molecular weight excluding hydrogens is 234 g/mol. The molecule has 17 heavy (non-hydrogen) atoms. The molecule has 1 N–H and O–H groups in total. The first kappa shape index (κ1) is 16.9. The Kier molecular flexibility index (Phi) is 8.88. The molecule has 0 bridgehead atoms. The van der Waals surface area contributed by atoms with Gasteiger partial charge in [-0.15, -0.1) is 0 Å². The van der Waals surface area contributed by atoms with Gasteiger partial charge in [0, 0.05) is 12.3 Å². The molecule has 0 radical (unpaired) electrons. The first-order valence-corrected chi connectivity index (χ1v) is 8.81. The van der Waals surface area contributed by atoms with E-state index in [9.17, 15) is 8.42 Å². The van der Waals surface area contributed by atoms with Crippen molar-refractivity contribution in [3.05, 3.63) is 0 Å². The van der Waals surface area contributed by atoms with E-state index >= 15 is 0 Å². The fraction of sp³-hybridized carbons (Fsp3) is 1.00. The minimum absolute atomic E-state index is 0.113. The quantitative estimate of drug-likeness (QED) is 0.616. The molecular formula is C13H29NO2S. The third kappa shape index (κ3) is 7.77. The number of hydrogen-bond acceptors (Lipinski definition) is 3. The van der Waals surface area contributed by atoms with Gasteiger partial charge in [-0.05, 0) is 26.3 Å². The molecule has 104 valence electrons. The van der Waals surface area contributed by atoms with Gasteiger partial charge in [0.2, 0.25) is 0 Å². The van der Waals surface area contributed by atoms with E-state index in [4.69, 9.17) is 0 Å². The van der Waals surface area contributed by atoms with Crippen LogP contribution in [0.1, 0.15) is 59.3 Å². The van der Waals surface area contributed by atoms with Crippen LogP contribution in [0, 0.1) is 0 Å². The van der Waals surface area contributed by atoms with Gasteiger partial charge in [-0.25, -0.2) is 8.42 Å². The van der Waals surface area contributed by atoms with Crippen molar-refractivity contribution in [1.82, 2.24) is 5.32 Å². The molecule has 0 spiro atoms. The molecule has 0 aromatic rings. The van der Waals surface area contributed by atoms with Crippen molar-refractivity contribution >= 4 is 9.84 Å². The highest BCUT2D eigenvalue weighted by atomic mass is 32.2. The maximum atomic E-state index is 11.6. The number of hydrogen-bond donors (Lipinski definition) is 1. The lowest BCUT2D eigenvalue weighted by atomic mass is 10.0. The van der Waals surface area contributed by atoms with Crippen molar-refractivity contribution in [2.45, 2.75) is 70.6 Å². The maximum absolute atomic E-state index is 11.6. The van der Waals surface area contributed by atoms with Crippen LogP contribution in [-0.4, -0.2) is 32.5 Å². The van der Waals surface area contributed by atoms with Gasteiger partial charge >= 0.3 is 0 Å². The van der Waals surface area contributed by atoms with Crippen molar-refractivity contribution in [3.8, 4) is 0 Å². The highest BCUT2D eigenvalue weighted by Gasteiger charge is 2.24. The Labute approximate surface area is 107 Å². The van der Waals surface area contributed by atoms with Gasteiger partial charge in [0.05, 0.1) is 5.25 Å². The molecule has 0 saturated carbocycles. The van der Waals surface area contributed by atoms with Gasteiger partial charge in [0.15, 0.2) is 9.84 Å². The summed E-state index contributed by atoms with van der Waals surface area (Å²) in [5, 5.41) is 3.09. The Morgan fingerprint density at radius 1 is 1.06 bits per heavy atom. The average Bonchev–Trinajstić information content (AvgIpc) is 2.26. The highest BCUT2D eigenvalue weighted by molar-refractivity contribution is 7.91. The molecule has 2 atom stereocenters. The number of sulfone groups is 1. The average molecular weight is 263 g/mol. The van der Waals surface area contributed by atoms with Crippen LogP contribution in [0.25, 0.3) is 0 Å². The van der Waals surface area contributed by atoms with Crippen LogP contribution in [-0.2, 0) is 9.84 Å². The summed E-state index contributed by atoms with van der Waals surface area (Å²) in [5.41, 5.74) is 0. The third-order valence-corrected chi connectivity index (χ3v) is 4.95. The smallest absolute Gasteiger partial charge is 0.151 e. The molecule has 0 rings (SSSR count). The Balaban J connectivity index is 4.22. The molecule has 0 aromatic heterocycles. The largest absolute Gasteiger partial charge is 0.313 e. The summed E-state index contributed by atoms with van der Waals surface area (Å²) >= 11 is 0. The molecule has 4 heteroatoms. The van der Waals surface area contributed by atoms with Crippen LogP contribution in [0.3, 0.4) is 0 Å². The topological polar surface area (TPSA) is 46.2 Å². The fourth-order valence-corrected chi connectivity index (χ4v) is 2.75. The summed E-state index contributed by atoms with van der Waals surface area (Å²) in [6.07, 6.45) is 8.13. The summed E-state index contributed by atoms with van der Waals surface area (Å²) in [6, 6.07) is 0.113. The zero-order valence-corrected chi connectivity index (χ0v) is 12.6. The maximum Gasteiger partial charge on any atom is 0.151 e. The van der Waals surface area contributed by atoms with Gasteiger partial charge in [-0.1, -0.05) is 39.5 Å². The van der Waals surface area contributed by atoms with E-state index in [0.717, 1.165) is 25.8 Å². The molecule has 0 fully saturated rings. The van der Waals surface area contributed by atoms with Crippen LogP contribution in [0.15, 0.2) is 0 Å². The zero-order chi connectivity index (χ0) is 13.3. The van der Waals surface area contributed by atoms with Crippen molar-refractivity contribution in [3.63, 3.8) is 0 Å². The summed E-state index contributed by atoms with van der Waals surface area (Å²) < 4.78 is 23.2. The minimum atomic E-state index is -2.94. The second-order valence-electron chi connectivity index (χ2n) is 4.94. The Morgan fingerprint density at radius 2 is 1.71 bits per heavy atom. The van der Waals surface area contributed by atoms with E-state index in [0.29, 0.717) is 0 Å². The summed E-state index contributed by atoms with van der Waals surface area (Å²) in [7, 11) is -2.94. The molecule has 2 unspecified atom stereocenters. The molecule has 0 aliphatic carbocycles. The summed E-state index contributed by atoms with van der Waals surface area (Å²) in [4.78, 5) is 0. The Bertz CT molecular complexity index is 275. The second kappa shape index (κ2) is 8.92. The van der Waals surface area contributed by atoms with Crippen molar-refractivity contribution in [2.75, 3.05) is 12.8 Å². The Morgan fingerprint density at radius 3 is 2.18 bits per heavy atom. The molecule has 0 aromatic carbocycles.